The second-order valence-corrected chi connectivity index (χ2v) is 5.99. The smallest absolute Gasteiger partial charge is 0.262 e. The number of benzene rings is 2. The fraction of sp³-hybridized carbons (Fsp3) is 0.211. The lowest BCUT2D eigenvalue weighted by Crippen LogP contribution is -2.23. The highest BCUT2D eigenvalue weighted by molar-refractivity contribution is 5.80. The highest BCUT2D eigenvalue weighted by Gasteiger charge is 2.15. The molecule has 4 rings (SSSR count). The summed E-state index contributed by atoms with van der Waals surface area (Å²) in [4.78, 5) is 12.7. The van der Waals surface area contributed by atoms with Gasteiger partial charge in [0.2, 0.25) is 5.78 Å². The molecule has 0 fully saturated rings. The van der Waals surface area contributed by atoms with Gasteiger partial charge >= 0.3 is 0 Å². The van der Waals surface area contributed by atoms with E-state index in [0.29, 0.717) is 24.3 Å². The first-order valence-corrected chi connectivity index (χ1v) is 8.35. The summed E-state index contributed by atoms with van der Waals surface area (Å²) in [6.45, 7) is 5.08. The van der Waals surface area contributed by atoms with Crippen LogP contribution < -0.4 is 10.9 Å². The summed E-state index contributed by atoms with van der Waals surface area (Å²) in [7, 11) is 0. The molecule has 126 valence electrons. The monoisotopic (exact) mass is 333 g/mol. The van der Waals surface area contributed by atoms with Gasteiger partial charge in [0.15, 0.2) is 5.82 Å². The average molecular weight is 333 g/mol. The first kappa shape index (κ1) is 15.4. The molecule has 25 heavy (non-hydrogen) atoms. The van der Waals surface area contributed by atoms with Gasteiger partial charge in [0.1, 0.15) is 0 Å². The summed E-state index contributed by atoms with van der Waals surface area (Å²) in [6.07, 6.45) is 0. The first-order chi connectivity index (χ1) is 12.2. The van der Waals surface area contributed by atoms with Crippen molar-refractivity contribution in [1.82, 2.24) is 19.2 Å². The van der Waals surface area contributed by atoms with Gasteiger partial charge in [-0.3, -0.25) is 13.8 Å². The van der Waals surface area contributed by atoms with Crippen molar-refractivity contribution < 1.29 is 0 Å². The molecule has 0 bridgehead atoms. The van der Waals surface area contributed by atoms with Crippen LogP contribution in [0.1, 0.15) is 18.3 Å². The van der Waals surface area contributed by atoms with Crippen LogP contribution in [0.5, 0.6) is 0 Å². The molecular weight excluding hydrogens is 314 g/mol. The zero-order valence-electron chi connectivity index (χ0n) is 14.2. The maximum Gasteiger partial charge on any atom is 0.262 e. The minimum absolute atomic E-state index is 0.0311. The van der Waals surface area contributed by atoms with Crippen LogP contribution in [0.15, 0.2) is 53.3 Å². The van der Waals surface area contributed by atoms with E-state index in [4.69, 9.17) is 0 Å². The Kier molecular flexibility index (Phi) is 3.72. The van der Waals surface area contributed by atoms with E-state index in [1.54, 1.807) is 4.57 Å². The molecule has 6 nitrogen and oxygen atoms in total. The molecule has 6 heteroatoms. The second kappa shape index (κ2) is 6.05. The normalized spacial score (nSPS) is 11.3. The molecule has 0 saturated heterocycles. The maximum absolute atomic E-state index is 12.7. The van der Waals surface area contributed by atoms with E-state index in [1.807, 2.05) is 53.8 Å². The van der Waals surface area contributed by atoms with Crippen molar-refractivity contribution in [1.29, 1.82) is 0 Å². The number of nitrogens with one attached hydrogen (secondary N) is 1. The average Bonchev–Trinajstić information content (AvgIpc) is 3.05. The van der Waals surface area contributed by atoms with Crippen LogP contribution in [0.2, 0.25) is 0 Å². The zero-order valence-corrected chi connectivity index (χ0v) is 14.2. The maximum atomic E-state index is 12.7. The summed E-state index contributed by atoms with van der Waals surface area (Å²) in [5, 5.41) is 12.7. The molecular formula is C19H19N5O. The Hall–Kier alpha value is -3.15. The van der Waals surface area contributed by atoms with Crippen molar-refractivity contribution in [2.24, 2.45) is 0 Å². The molecule has 0 aliphatic heterocycles. The van der Waals surface area contributed by atoms with Crippen LogP contribution in [-0.2, 0) is 13.1 Å². The molecule has 2 aromatic carbocycles. The first-order valence-electron chi connectivity index (χ1n) is 8.35. The third kappa shape index (κ3) is 2.46. The number of nitrogens with zero attached hydrogens (tertiary/aromatic N) is 4. The SMILES string of the molecule is CCn1c(=O)c2ccccc2n2c(CNc3ccccc3C)nnc12. The fourth-order valence-electron chi connectivity index (χ4n) is 3.16. The van der Waals surface area contributed by atoms with Gasteiger partial charge in [-0.2, -0.15) is 0 Å². The minimum atomic E-state index is -0.0311. The van der Waals surface area contributed by atoms with Crippen molar-refractivity contribution in [3.8, 4) is 0 Å². The van der Waals surface area contributed by atoms with Gasteiger partial charge in [-0.25, -0.2) is 0 Å². The summed E-state index contributed by atoms with van der Waals surface area (Å²) in [5.74, 6) is 1.35. The second-order valence-electron chi connectivity index (χ2n) is 5.99. The highest BCUT2D eigenvalue weighted by Crippen LogP contribution is 2.17. The number of aromatic nitrogens is 4. The minimum Gasteiger partial charge on any atom is -0.378 e. The molecule has 1 N–H and O–H groups in total. The number of aryl methyl sites for hydroxylation is 2. The zero-order chi connectivity index (χ0) is 17.4. The number of para-hydroxylation sites is 2. The van der Waals surface area contributed by atoms with Gasteiger partial charge in [0, 0.05) is 12.2 Å². The van der Waals surface area contributed by atoms with Crippen LogP contribution >= 0.6 is 0 Å². The predicted molar refractivity (Wildman–Crippen MR) is 98.9 cm³/mol. The van der Waals surface area contributed by atoms with Crippen molar-refractivity contribution in [3.63, 3.8) is 0 Å². The Morgan fingerprint density at radius 1 is 1.04 bits per heavy atom. The van der Waals surface area contributed by atoms with E-state index < -0.39 is 0 Å². The van der Waals surface area contributed by atoms with Gasteiger partial charge in [-0.15, -0.1) is 10.2 Å². The molecule has 0 saturated carbocycles. The third-order valence-electron chi connectivity index (χ3n) is 4.47. The standard InChI is InChI=1S/C19H19N5O/c1-3-23-18(25)14-9-5-7-11-16(14)24-17(21-22-19(23)24)12-20-15-10-6-4-8-13(15)2/h4-11,20H,3,12H2,1-2H3. The van der Waals surface area contributed by atoms with Crippen LogP contribution in [0.3, 0.4) is 0 Å². The highest BCUT2D eigenvalue weighted by atomic mass is 16.1. The Bertz CT molecular complexity index is 1130. The molecule has 2 heterocycles. The van der Waals surface area contributed by atoms with E-state index >= 15 is 0 Å². The number of fused-ring (bicyclic) bond motifs is 3. The fourth-order valence-corrected chi connectivity index (χ4v) is 3.16. The molecule has 4 aromatic rings. The van der Waals surface area contributed by atoms with Crippen LogP contribution in [0, 0.1) is 6.92 Å². The number of anilines is 1. The van der Waals surface area contributed by atoms with Crippen molar-refractivity contribution in [2.45, 2.75) is 26.9 Å². The lowest BCUT2D eigenvalue weighted by molar-refractivity contribution is 0.734. The third-order valence-corrected chi connectivity index (χ3v) is 4.47. The molecule has 0 unspecified atom stereocenters. The predicted octanol–water partition coefficient (Wildman–Crippen LogP) is 2.98. The Morgan fingerprint density at radius 2 is 1.80 bits per heavy atom. The van der Waals surface area contributed by atoms with Crippen molar-refractivity contribution >= 4 is 22.4 Å². The quantitative estimate of drug-likeness (QED) is 0.623. The largest absolute Gasteiger partial charge is 0.378 e. The lowest BCUT2D eigenvalue weighted by Gasteiger charge is -2.11. The Labute approximate surface area is 144 Å². The summed E-state index contributed by atoms with van der Waals surface area (Å²) >= 11 is 0. The van der Waals surface area contributed by atoms with Crippen molar-refractivity contribution in [3.05, 3.63) is 70.3 Å². The van der Waals surface area contributed by atoms with Crippen LogP contribution in [0.25, 0.3) is 16.7 Å². The van der Waals surface area contributed by atoms with Gasteiger partial charge in [0.05, 0.1) is 17.4 Å². The molecule has 0 spiro atoms. The summed E-state index contributed by atoms with van der Waals surface area (Å²) in [6, 6.07) is 15.7. The van der Waals surface area contributed by atoms with E-state index in [0.717, 1.165) is 17.0 Å². The van der Waals surface area contributed by atoms with Gasteiger partial charge in [0.25, 0.3) is 5.56 Å². The molecule has 0 aliphatic carbocycles. The van der Waals surface area contributed by atoms with E-state index in [2.05, 4.69) is 28.5 Å². The van der Waals surface area contributed by atoms with Crippen LogP contribution in [0.4, 0.5) is 5.69 Å². The molecule has 2 aromatic heterocycles. The number of rotatable bonds is 4. The molecule has 0 aliphatic rings. The van der Waals surface area contributed by atoms with Gasteiger partial charge in [-0.1, -0.05) is 30.3 Å². The van der Waals surface area contributed by atoms with Gasteiger partial charge in [-0.05, 0) is 37.6 Å². The lowest BCUT2D eigenvalue weighted by atomic mass is 10.2. The van der Waals surface area contributed by atoms with E-state index in [-0.39, 0.29) is 5.56 Å². The van der Waals surface area contributed by atoms with E-state index in [1.165, 1.54) is 5.56 Å². The van der Waals surface area contributed by atoms with Crippen LogP contribution in [-0.4, -0.2) is 19.2 Å². The topological polar surface area (TPSA) is 64.2 Å². The van der Waals surface area contributed by atoms with Crippen molar-refractivity contribution in [2.75, 3.05) is 5.32 Å². The molecule has 0 atom stereocenters. The summed E-state index contributed by atoms with van der Waals surface area (Å²) in [5.41, 5.74) is 3.04. The molecule has 0 radical (unpaired) electrons. The number of hydrogen-bond donors (Lipinski definition) is 1. The van der Waals surface area contributed by atoms with E-state index in [9.17, 15) is 4.79 Å². The Morgan fingerprint density at radius 3 is 2.60 bits per heavy atom. The molecule has 0 amide bonds. The summed E-state index contributed by atoms with van der Waals surface area (Å²) < 4.78 is 3.62. The Balaban J connectivity index is 1.87. The van der Waals surface area contributed by atoms with Gasteiger partial charge < -0.3 is 5.32 Å². The number of hydrogen-bond acceptors (Lipinski definition) is 4.